The van der Waals surface area contributed by atoms with Crippen LogP contribution in [0.1, 0.15) is 66.0 Å². The fourth-order valence-corrected chi connectivity index (χ4v) is 4.74. The zero-order chi connectivity index (χ0) is 25.9. The molecule has 1 aliphatic rings. The number of alkyl carbamates (subject to hydrolysis) is 1. The van der Waals surface area contributed by atoms with Crippen molar-refractivity contribution in [3.8, 4) is 5.75 Å². The molecular weight excluding hydrogens is 450 g/mol. The van der Waals surface area contributed by atoms with Gasteiger partial charge in [0.2, 0.25) is 0 Å². The van der Waals surface area contributed by atoms with Gasteiger partial charge in [-0.15, -0.1) is 0 Å². The number of carbonyl (C=O) groups is 2. The minimum absolute atomic E-state index is 0.141. The SMILES string of the molecule is CC(COc1cccc2c1C[C@@](NC(=O)OC(C)(C)C)(C(=O)O)CC2)CO[Si](C)(C)C(C)(C)C. The van der Waals surface area contributed by atoms with Crippen molar-refractivity contribution < 1.29 is 28.6 Å². The Labute approximate surface area is 205 Å². The van der Waals surface area contributed by atoms with Gasteiger partial charge >= 0.3 is 12.1 Å². The molecule has 0 saturated carbocycles. The van der Waals surface area contributed by atoms with Gasteiger partial charge in [-0.2, -0.15) is 0 Å². The van der Waals surface area contributed by atoms with Crippen LogP contribution in [0.25, 0.3) is 0 Å². The molecule has 1 aromatic carbocycles. The molecule has 0 saturated heterocycles. The van der Waals surface area contributed by atoms with Gasteiger partial charge < -0.3 is 24.3 Å². The maximum absolute atomic E-state index is 12.4. The van der Waals surface area contributed by atoms with Gasteiger partial charge in [-0.1, -0.05) is 39.8 Å². The first-order valence-corrected chi connectivity index (χ1v) is 15.0. The topological polar surface area (TPSA) is 94.1 Å². The molecule has 7 nitrogen and oxygen atoms in total. The largest absolute Gasteiger partial charge is 0.493 e. The summed E-state index contributed by atoms with van der Waals surface area (Å²) in [5.74, 6) is -0.236. The van der Waals surface area contributed by atoms with E-state index in [0.29, 0.717) is 25.4 Å². The third-order valence-corrected chi connectivity index (χ3v) is 11.2. The van der Waals surface area contributed by atoms with Crippen LogP contribution < -0.4 is 10.1 Å². The molecule has 0 aromatic heterocycles. The first-order chi connectivity index (χ1) is 15.5. The summed E-state index contributed by atoms with van der Waals surface area (Å²) in [6.45, 7) is 19.5. The number of amides is 1. The Balaban J connectivity index is 2.13. The number of carboxylic acid groups (broad SMARTS) is 1. The smallest absolute Gasteiger partial charge is 0.408 e. The lowest BCUT2D eigenvalue weighted by atomic mass is 9.77. The van der Waals surface area contributed by atoms with Gasteiger partial charge in [-0.3, -0.25) is 0 Å². The standard InChI is InChI=1S/C26H43NO6Si/c1-18(17-32-34(8,9)25(5,6)7)16-31-21-12-10-11-19-13-14-26(22(28)29,15-20(19)21)27-23(30)33-24(2,3)4/h10-12,18H,13-17H2,1-9H3,(H,27,30)(H,28,29)/t18?,26-/m1/s1. The van der Waals surface area contributed by atoms with E-state index >= 15 is 0 Å². The van der Waals surface area contributed by atoms with Gasteiger partial charge in [0.25, 0.3) is 0 Å². The molecular formula is C26H43NO6Si. The molecule has 2 rings (SSSR count). The predicted octanol–water partition coefficient (Wildman–Crippen LogP) is 5.56. The minimum atomic E-state index is -1.84. The number of ether oxygens (including phenoxy) is 2. The minimum Gasteiger partial charge on any atom is -0.493 e. The van der Waals surface area contributed by atoms with E-state index in [1.165, 1.54) is 0 Å². The Kier molecular flexibility index (Phi) is 8.52. The Morgan fingerprint density at radius 1 is 1.15 bits per heavy atom. The zero-order valence-electron chi connectivity index (χ0n) is 22.3. The molecule has 2 atom stereocenters. The van der Waals surface area contributed by atoms with Crippen molar-refractivity contribution in [2.45, 2.75) is 97.0 Å². The van der Waals surface area contributed by atoms with Crippen molar-refractivity contribution in [2.75, 3.05) is 13.2 Å². The highest BCUT2D eigenvalue weighted by molar-refractivity contribution is 6.74. The number of carbonyl (C=O) groups excluding carboxylic acids is 1. The second-order valence-electron chi connectivity index (χ2n) is 12.1. The number of hydrogen-bond acceptors (Lipinski definition) is 5. The molecule has 34 heavy (non-hydrogen) atoms. The Morgan fingerprint density at radius 2 is 1.79 bits per heavy atom. The third-order valence-electron chi connectivity index (χ3n) is 6.74. The van der Waals surface area contributed by atoms with Crippen LogP contribution in [0.3, 0.4) is 0 Å². The van der Waals surface area contributed by atoms with Crippen molar-refractivity contribution in [3.05, 3.63) is 29.3 Å². The number of fused-ring (bicyclic) bond motifs is 1. The highest BCUT2D eigenvalue weighted by Crippen LogP contribution is 2.37. The lowest BCUT2D eigenvalue weighted by Crippen LogP contribution is -2.58. The quantitative estimate of drug-likeness (QED) is 0.461. The number of benzene rings is 1. The van der Waals surface area contributed by atoms with Gasteiger partial charge in [0.1, 0.15) is 16.9 Å². The molecule has 192 valence electrons. The lowest BCUT2D eigenvalue weighted by Gasteiger charge is -2.37. The molecule has 1 aliphatic carbocycles. The van der Waals surface area contributed by atoms with E-state index in [0.717, 1.165) is 11.1 Å². The van der Waals surface area contributed by atoms with E-state index in [9.17, 15) is 14.7 Å². The number of nitrogens with one attached hydrogen (secondary N) is 1. The lowest BCUT2D eigenvalue weighted by molar-refractivity contribution is -0.145. The van der Waals surface area contributed by atoms with Crippen molar-refractivity contribution in [1.29, 1.82) is 0 Å². The number of aryl methyl sites for hydroxylation is 1. The Morgan fingerprint density at radius 3 is 2.35 bits per heavy atom. The molecule has 0 heterocycles. The van der Waals surface area contributed by atoms with Crippen LogP contribution >= 0.6 is 0 Å². The molecule has 0 radical (unpaired) electrons. The number of aliphatic carboxylic acids is 1. The van der Waals surface area contributed by atoms with Crippen LogP contribution in [0.5, 0.6) is 5.75 Å². The van der Waals surface area contributed by atoms with E-state index in [1.54, 1.807) is 20.8 Å². The van der Waals surface area contributed by atoms with Gasteiger partial charge in [0.05, 0.1) is 6.61 Å². The Bertz CT molecular complexity index is 886. The summed E-state index contributed by atoms with van der Waals surface area (Å²) in [5, 5.41) is 12.8. The molecule has 1 amide bonds. The summed E-state index contributed by atoms with van der Waals surface area (Å²) in [6, 6.07) is 5.79. The van der Waals surface area contributed by atoms with Crippen LogP contribution in [-0.2, 0) is 26.8 Å². The second-order valence-corrected chi connectivity index (χ2v) is 16.9. The van der Waals surface area contributed by atoms with Gasteiger partial charge in [-0.05, 0) is 63.4 Å². The molecule has 0 aliphatic heterocycles. The number of rotatable bonds is 8. The molecule has 1 unspecified atom stereocenters. The predicted molar refractivity (Wildman–Crippen MR) is 136 cm³/mol. The second kappa shape index (κ2) is 10.3. The van der Waals surface area contributed by atoms with Crippen LogP contribution in [-0.4, -0.2) is 49.8 Å². The summed E-state index contributed by atoms with van der Waals surface area (Å²) >= 11 is 0. The maximum Gasteiger partial charge on any atom is 0.408 e. The summed E-state index contributed by atoms with van der Waals surface area (Å²) in [6.07, 6.45) is 0.225. The van der Waals surface area contributed by atoms with E-state index in [-0.39, 0.29) is 23.8 Å². The molecule has 0 spiro atoms. The molecule has 2 N–H and O–H groups in total. The highest BCUT2D eigenvalue weighted by Gasteiger charge is 2.45. The van der Waals surface area contributed by atoms with Crippen LogP contribution in [0, 0.1) is 5.92 Å². The first kappa shape index (κ1) is 28.2. The highest BCUT2D eigenvalue weighted by atomic mass is 28.4. The number of carboxylic acids is 1. The Hall–Kier alpha value is -2.06. The fraction of sp³-hybridized carbons (Fsp3) is 0.692. The summed E-state index contributed by atoms with van der Waals surface area (Å²) in [4.78, 5) is 24.7. The zero-order valence-corrected chi connectivity index (χ0v) is 23.3. The first-order valence-electron chi connectivity index (χ1n) is 12.1. The molecule has 0 bridgehead atoms. The fourth-order valence-electron chi connectivity index (χ4n) is 3.61. The van der Waals surface area contributed by atoms with Gasteiger partial charge in [0, 0.05) is 24.5 Å². The average molecular weight is 494 g/mol. The summed E-state index contributed by atoms with van der Waals surface area (Å²) < 4.78 is 17.8. The molecule has 0 fully saturated rings. The van der Waals surface area contributed by atoms with E-state index in [1.807, 2.05) is 18.2 Å². The van der Waals surface area contributed by atoms with Gasteiger partial charge in [-0.25, -0.2) is 9.59 Å². The normalized spacial score (nSPS) is 19.7. The van der Waals surface area contributed by atoms with Crippen LogP contribution in [0.4, 0.5) is 4.79 Å². The monoisotopic (exact) mass is 493 g/mol. The van der Waals surface area contributed by atoms with Gasteiger partial charge in [0.15, 0.2) is 8.32 Å². The van der Waals surface area contributed by atoms with Crippen molar-refractivity contribution >= 4 is 20.4 Å². The van der Waals surface area contributed by atoms with E-state index < -0.39 is 31.5 Å². The van der Waals surface area contributed by atoms with E-state index in [2.05, 4.69) is 46.1 Å². The van der Waals surface area contributed by atoms with Crippen molar-refractivity contribution in [1.82, 2.24) is 5.32 Å². The van der Waals surface area contributed by atoms with Crippen molar-refractivity contribution in [2.24, 2.45) is 5.92 Å². The average Bonchev–Trinajstić information content (AvgIpc) is 2.68. The summed E-state index contributed by atoms with van der Waals surface area (Å²) in [7, 11) is -1.84. The van der Waals surface area contributed by atoms with Crippen LogP contribution in [0.15, 0.2) is 18.2 Å². The molecule has 8 heteroatoms. The van der Waals surface area contributed by atoms with E-state index in [4.69, 9.17) is 13.9 Å². The molecule has 1 aromatic rings. The summed E-state index contributed by atoms with van der Waals surface area (Å²) in [5.41, 5.74) is -0.283. The van der Waals surface area contributed by atoms with Crippen molar-refractivity contribution in [3.63, 3.8) is 0 Å². The number of hydrogen-bond donors (Lipinski definition) is 2. The maximum atomic E-state index is 12.4. The third kappa shape index (κ3) is 7.22. The van der Waals surface area contributed by atoms with Crippen LogP contribution in [0.2, 0.25) is 18.1 Å².